The van der Waals surface area contributed by atoms with E-state index in [0.717, 1.165) is 9.77 Å². The highest BCUT2D eigenvalue weighted by Gasteiger charge is 2.24. The van der Waals surface area contributed by atoms with Crippen molar-refractivity contribution in [3.05, 3.63) is 40.8 Å². The average molecular weight is 289 g/mol. The summed E-state index contributed by atoms with van der Waals surface area (Å²) >= 11 is 2.77. The maximum absolute atomic E-state index is 11.9. The quantitative estimate of drug-likeness (QED) is 0.637. The Bertz CT molecular complexity index is 641. The van der Waals surface area contributed by atoms with Crippen LogP contribution in [0.4, 0.5) is 0 Å². The molecule has 0 bridgehead atoms. The minimum Gasteiger partial charge on any atom is -0.465 e. The molecule has 0 saturated carbocycles. The van der Waals surface area contributed by atoms with Crippen LogP contribution in [0, 0.1) is 11.3 Å². The van der Waals surface area contributed by atoms with Crippen molar-refractivity contribution in [2.24, 2.45) is 0 Å². The van der Waals surface area contributed by atoms with Crippen molar-refractivity contribution in [3.8, 4) is 17.2 Å². The van der Waals surface area contributed by atoms with E-state index >= 15 is 0 Å². The largest absolute Gasteiger partial charge is 0.465 e. The van der Waals surface area contributed by atoms with E-state index in [-0.39, 0.29) is 0 Å². The van der Waals surface area contributed by atoms with Crippen LogP contribution in [0.5, 0.6) is 0 Å². The summed E-state index contributed by atoms with van der Waals surface area (Å²) in [5.41, 5.74) is 2.07. The van der Waals surface area contributed by atoms with E-state index < -0.39 is 5.97 Å². The molecular weight excluding hydrogens is 278 g/mol. The lowest BCUT2D eigenvalue weighted by Gasteiger charge is -2.03. The van der Waals surface area contributed by atoms with Gasteiger partial charge in [-0.3, -0.25) is 0 Å². The highest BCUT2D eigenvalue weighted by molar-refractivity contribution is 8.00. The van der Waals surface area contributed by atoms with E-state index in [9.17, 15) is 10.1 Å². The number of ether oxygens (including phenoxy) is 1. The lowest BCUT2D eigenvalue weighted by Crippen LogP contribution is -2.00. The smallest absolute Gasteiger partial charge is 0.348 e. The summed E-state index contributed by atoms with van der Waals surface area (Å²) in [5.74, 6) is -0.402. The van der Waals surface area contributed by atoms with E-state index in [0.29, 0.717) is 16.0 Å². The SMILES string of the molecule is COC(=O)c1sc(SC)c(C#N)c1-c1ccccc1. The van der Waals surface area contributed by atoms with Crippen LogP contribution in [0.15, 0.2) is 34.5 Å². The molecule has 0 fully saturated rings. The van der Waals surface area contributed by atoms with Gasteiger partial charge in [0, 0.05) is 5.56 Å². The molecule has 96 valence electrons. The van der Waals surface area contributed by atoms with E-state index in [2.05, 4.69) is 6.07 Å². The molecule has 5 heteroatoms. The van der Waals surface area contributed by atoms with Crippen LogP contribution >= 0.6 is 23.1 Å². The van der Waals surface area contributed by atoms with Crippen molar-refractivity contribution in [1.82, 2.24) is 0 Å². The number of nitriles is 1. The van der Waals surface area contributed by atoms with Crippen molar-refractivity contribution < 1.29 is 9.53 Å². The van der Waals surface area contributed by atoms with Gasteiger partial charge < -0.3 is 4.74 Å². The van der Waals surface area contributed by atoms with E-state index in [1.165, 1.54) is 30.2 Å². The molecular formula is C14H11NO2S2. The second-order valence-corrected chi connectivity index (χ2v) is 5.74. The molecule has 19 heavy (non-hydrogen) atoms. The monoisotopic (exact) mass is 289 g/mol. The summed E-state index contributed by atoms with van der Waals surface area (Å²) in [7, 11) is 1.35. The molecule has 0 spiro atoms. The lowest BCUT2D eigenvalue weighted by atomic mass is 10.0. The summed E-state index contributed by atoms with van der Waals surface area (Å²) in [5, 5.41) is 9.35. The van der Waals surface area contributed by atoms with Crippen molar-refractivity contribution in [1.29, 1.82) is 5.26 Å². The van der Waals surface area contributed by atoms with Gasteiger partial charge in [-0.15, -0.1) is 23.1 Å². The molecule has 3 nitrogen and oxygen atoms in total. The Morgan fingerprint density at radius 1 is 1.37 bits per heavy atom. The Morgan fingerprint density at radius 2 is 2.05 bits per heavy atom. The van der Waals surface area contributed by atoms with E-state index in [4.69, 9.17) is 4.74 Å². The maximum atomic E-state index is 11.9. The van der Waals surface area contributed by atoms with Gasteiger partial charge in [-0.05, 0) is 11.8 Å². The number of benzene rings is 1. The third kappa shape index (κ3) is 2.50. The predicted octanol–water partition coefficient (Wildman–Crippen LogP) is 3.80. The first kappa shape index (κ1) is 13.7. The van der Waals surface area contributed by atoms with E-state index in [1.54, 1.807) is 0 Å². The standard InChI is InChI=1S/C14H11NO2S2/c1-17-13(16)12-11(9-6-4-3-5-7-9)10(8-15)14(18-2)19-12/h3-7H,1-2H3. The number of methoxy groups -OCH3 is 1. The highest BCUT2D eigenvalue weighted by Crippen LogP contribution is 2.40. The van der Waals surface area contributed by atoms with Crippen molar-refractivity contribution >= 4 is 29.1 Å². The Balaban J connectivity index is 2.73. The van der Waals surface area contributed by atoms with Crippen molar-refractivity contribution in [2.45, 2.75) is 4.21 Å². The second-order valence-electron chi connectivity index (χ2n) is 3.64. The topological polar surface area (TPSA) is 50.1 Å². The number of carbonyl (C=O) groups excluding carboxylic acids is 1. The fourth-order valence-electron chi connectivity index (χ4n) is 1.77. The van der Waals surface area contributed by atoms with Crippen LogP contribution in [-0.4, -0.2) is 19.3 Å². The number of hydrogen-bond donors (Lipinski definition) is 0. The summed E-state index contributed by atoms with van der Waals surface area (Å²) in [4.78, 5) is 12.4. The fraction of sp³-hybridized carbons (Fsp3) is 0.143. The summed E-state index contributed by atoms with van der Waals surface area (Å²) in [6.45, 7) is 0. The normalized spacial score (nSPS) is 9.95. The number of esters is 1. The molecule has 0 N–H and O–H groups in total. The third-order valence-corrected chi connectivity index (χ3v) is 4.90. The van der Waals surface area contributed by atoms with Gasteiger partial charge in [-0.2, -0.15) is 5.26 Å². The first-order valence-corrected chi connectivity index (χ1v) is 7.51. The molecule has 0 radical (unpaired) electrons. The minimum atomic E-state index is -0.402. The van der Waals surface area contributed by atoms with Crippen LogP contribution in [0.1, 0.15) is 15.2 Å². The average Bonchev–Trinajstić information content (AvgIpc) is 2.85. The third-order valence-electron chi connectivity index (χ3n) is 2.61. The number of thiophene rings is 1. The Kier molecular flexibility index (Phi) is 4.25. The molecule has 0 aliphatic heterocycles. The van der Waals surface area contributed by atoms with Gasteiger partial charge in [0.05, 0.1) is 16.9 Å². The molecule has 2 aromatic rings. The lowest BCUT2D eigenvalue weighted by molar-refractivity contribution is 0.0607. The van der Waals surface area contributed by atoms with Crippen molar-refractivity contribution in [2.75, 3.05) is 13.4 Å². The first-order chi connectivity index (χ1) is 9.22. The number of nitrogens with zero attached hydrogens (tertiary/aromatic N) is 1. The molecule has 0 aliphatic carbocycles. The van der Waals surface area contributed by atoms with E-state index in [1.807, 2.05) is 36.6 Å². The molecule has 0 unspecified atom stereocenters. The predicted molar refractivity (Wildman–Crippen MR) is 77.6 cm³/mol. The van der Waals surface area contributed by atoms with Crippen LogP contribution in [0.3, 0.4) is 0 Å². The van der Waals surface area contributed by atoms with Gasteiger partial charge in [-0.25, -0.2) is 4.79 Å². The zero-order valence-electron chi connectivity index (χ0n) is 10.5. The zero-order chi connectivity index (χ0) is 13.8. The maximum Gasteiger partial charge on any atom is 0.348 e. The zero-order valence-corrected chi connectivity index (χ0v) is 12.1. The molecule has 2 rings (SSSR count). The van der Waals surface area contributed by atoms with Gasteiger partial charge in [0.25, 0.3) is 0 Å². The van der Waals surface area contributed by atoms with Crippen molar-refractivity contribution in [3.63, 3.8) is 0 Å². The van der Waals surface area contributed by atoms with Gasteiger partial charge in [-0.1, -0.05) is 30.3 Å². The van der Waals surface area contributed by atoms with Gasteiger partial charge >= 0.3 is 5.97 Å². The van der Waals surface area contributed by atoms with Crippen LogP contribution in [0.25, 0.3) is 11.1 Å². The van der Waals surface area contributed by atoms with Gasteiger partial charge in [0.15, 0.2) is 0 Å². The Morgan fingerprint density at radius 3 is 2.58 bits per heavy atom. The molecule has 0 atom stereocenters. The number of rotatable bonds is 3. The number of thioether (sulfide) groups is 1. The van der Waals surface area contributed by atoms with Gasteiger partial charge in [0.2, 0.25) is 0 Å². The van der Waals surface area contributed by atoms with Crippen LogP contribution in [-0.2, 0) is 4.74 Å². The highest BCUT2D eigenvalue weighted by atomic mass is 32.2. The minimum absolute atomic E-state index is 0.402. The molecule has 0 saturated heterocycles. The summed E-state index contributed by atoms with van der Waals surface area (Å²) in [6.07, 6.45) is 1.89. The van der Waals surface area contributed by atoms with Gasteiger partial charge in [0.1, 0.15) is 10.9 Å². The molecule has 0 amide bonds. The fourth-order valence-corrected chi connectivity index (χ4v) is 3.63. The summed E-state index contributed by atoms with van der Waals surface area (Å²) in [6, 6.07) is 11.6. The molecule has 0 aliphatic rings. The molecule has 1 heterocycles. The number of hydrogen-bond acceptors (Lipinski definition) is 5. The molecule has 1 aromatic heterocycles. The molecule has 1 aromatic carbocycles. The van der Waals surface area contributed by atoms with Crippen LogP contribution < -0.4 is 0 Å². The summed E-state index contributed by atoms with van der Waals surface area (Å²) < 4.78 is 5.64. The Hall–Kier alpha value is -1.77. The first-order valence-electron chi connectivity index (χ1n) is 5.47. The van der Waals surface area contributed by atoms with Crippen LogP contribution in [0.2, 0.25) is 0 Å². The number of carbonyl (C=O) groups is 1. The Labute approximate surface area is 119 Å². The second kappa shape index (κ2) is 5.91.